The lowest BCUT2D eigenvalue weighted by molar-refractivity contribution is 0.733. The van der Waals surface area contributed by atoms with Crippen LogP contribution in [0.3, 0.4) is 0 Å². The first-order chi connectivity index (χ1) is 5.70. The van der Waals surface area contributed by atoms with Gasteiger partial charge in [-0.25, -0.2) is 4.98 Å². The third-order valence-electron chi connectivity index (χ3n) is 2.18. The first-order valence-corrected chi connectivity index (χ1v) is 4.19. The number of H-pyrrole nitrogens is 1. The fourth-order valence-electron chi connectivity index (χ4n) is 1.48. The van der Waals surface area contributed by atoms with Crippen molar-refractivity contribution in [3.63, 3.8) is 0 Å². The van der Waals surface area contributed by atoms with Crippen molar-refractivity contribution in [2.24, 2.45) is 7.05 Å². The van der Waals surface area contributed by atoms with Gasteiger partial charge in [-0.3, -0.25) is 9.78 Å². The molecule has 3 nitrogen and oxygen atoms in total. The number of fused-ring (bicyclic) bond motifs is 1. The van der Waals surface area contributed by atoms with Gasteiger partial charge in [0, 0.05) is 14.7 Å². The van der Waals surface area contributed by atoms with Crippen LogP contribution in [0, 0.1) is 0 Å². The summed E-state index contributed by atoms with van der Waals surface area (Å²) in [5.41, 5.74) is 3.59. The number of hydrogen-bond donors (Lipinski definition) is 1. The molecule has 0 unspecified atom stereocenters. The number of aromatic nitrogens is 3. The average Bonchev–Trinajstić information content (AvgIpc) is 2.02. The molecule has 0 aliphatic carbocycles. The van der Waals surface area contributed by atoms with Crippen LogP contribution in [0.4, 0.5) is 0 Å². The molecule has 0 atom stereocenters. The number of pyridine rings is 1. The summed E-state index contributed by atoms with van der Waals surface area (Å²) in [6.07, 6.45) is 1.87. The second kappa shape index (κ2) is 2.37. The fraction of sp³-hybridized carbons (Fsp3) is 0.444. The lowest BCUT2D eigenvalue weighted by atomic mass is 10.0. The Hall–Kier alpha value is -1.25. The molecule has 0 saturated carbocycles. The molecule has 0 bridgehead atoms. The fourth-order valence-corrected chi connectivity index (χ4v) is 1.48. The highest BCUT2D eigenvalue weighted by molar-refractivity contribution is 5.76. The van der Waals surface area contributed by atoms with E-state index in [1.807, 2.05) is 17.9 Å². The number of aromatic amines is 1. The zero-order chi connectivity index (χ0) is 8.72. The highest BCUT2D eigenvalue weighted by Crippen LogP contribution is 2.22. The maximum atomic E-state index is 4.25. The van der Waals surface area contributed by atoms with Crippen LogP contribution >= 0.6 is 0 Å². The monoisotopic (exact) mass is 165 g/mol. The molecule has 0 spiro atoms. The molecule has 2 aromatic rings. The Morgan fingerprint density at radius 2 is 2.33 bits per heavy atom. The van der Waals surface area contributed by atoms with Crippen LogP contribution in [-0.4, -0.2) is 14.8 Å². The van der Waals surface area contributed by atoms with Gasteiger partial charge < -0.3 is 0 Å². The Morgan fingerprint density at radius 3 is 2.92 bits per heavy atom. The summed E-state index contributed by atoms with van der Waals surface area (Å²) in [5, 5.41) is 3.21. The summed E-state index contributed by atoms with van der Waals surface area (Å²) >= 11 is 0. The van der Waals surface area contributed by atoms with Crippen molar-refractivity contribution in [2.75, 3.05) is 0 Å². The second-order valence-electron chi connectivity index (χ2n) is 3.42. The van der Waals surface area contributed by atoms with E-state index in [9.17, 15) is 0 Å². The van der Waals surface area contributed by atoms with Crippen LogP contribution < -0.4 is 0 Å². The highest BCUT2D eigenvalue weighted by Gasteiger charge is 2.10. The van der Waals surface area contributed by atoms with E-state index in [1.165, 1.54) is 11.1 Å². The summed E-state index contributed by atoms with van der Waals surface area (Å²) < 4.78 is 1.93. The summed E-state index contributed by atoms with van der Waals surface area (Å²) in [6, 6.07) is 2.07. The Kier molecular flexibility index (Phi) is 1.46. The number of aryl methyl sites for hydroxylation is 1. The van der Waals surface area contributed by atoms with Gasteiger partial charge in [-0.15, -0.1) is 0 Å². The van der Waals surface area contributed by atoms with Crippen molar-refractivity contribution in [1.29, 1.82) is 0 Å². The van der Waals surface area contributed by atoms with Gasteiger partial charge in [-0.05, 0) is 17.5 Å². The minimum atomic E-state index is 0. The molecule has 1 N–H and O–H groups in total. The summed E-state index contributed by atoms with van der Waals surface area (Å²) in [7, 11) is 1.97. The molecule has 2 heterocycles. The van der Waals surface area contributed by atoms with E-state index in [0.717, 1.165) is 5.65 Å². The number of nitrogens with zero attached hydrogens (tertiary/aromatic N) is 2. The lowest BCUT2D eigenvalue weighted by Gasteiger charge is -2.15. The molecule has 0 aliphatic rings. The van der Waals surface area contributed by atoms with Crippen molar-refractivity contribution in [3.05, 3.63) is 17.8 Å². The first-order valence-electron chi connectivity index (χ1n) is 4.19. The summed E-state index contributed by atoms with van der Waals surface area (Å²) in [6.45, 7) is 4.38. The maximum absolute atomic E-state index is 4.25. The van der Waals surface area contributed by atoms with Crippen LogP contribution in [0.25, 0.3) is 11.2 Å². The first kappa shape index (κ1) is 7.40. The molecule has 0 aliphatic heterocycles. The van der Waals surface area contributed by atoms with E-state index in [4.69, 9.17) is 0 Å². The van der Waals surface area contributed by atoms with Crippen molar-refractivity contribution in [1.82, 2.24) is 14.8 Å². The molecule has 2 rings (SSSR count). The molecule has 0 fully saturated rings. The Balaban J connectivity index is 0.000000845. The van der Waals surface area contributed by atoms with Crippen LogP contribution in [-0.2, 0) is 7.05 Å². The van der Waals surface area contributed by atoms with Crippen LogP contribution in [0.5, 0.6) is 0 Å². The quantitative estimate of drug-likeness (QED) is 0.691. The second-order valence-corrected chi connectivity index (χ2v) is 3.42. The Bertz CT molecular complexity index is 400. The molecule has 3 heteroatoms. The van der Waals surface area contributed by atoms with Gasteiger partial charge in [0.2, 0.25) is 0 Å². The molecule has 0 saturated heterocycles. The van der Waals surface area contributed by atoms with Crippen molar-refractivity contribution >= 4 is 11.2 Å². The van der Waals surface area contributed by atoms with E-state index in [-0.39, 0.29) is 1.43 Å². The third-order valence-corrected chi connectivity index (χ3v) is 2.18. The molecule has 12 heavy (non-hydrogen) atoms. The Labute approximate surface area is 72.9 Å². The standard InChI is InChI=1S/C9H13N3.H2/c1-6(2)7-4-5-10-9-8(7)11-12(9)3;/h4-6,11H,1-3H3;1H. The number of nitrogens with one attached hydrogen (secondary N) is 1. The van der Waals surface area contributed by atoms with Gasteiger partial charge in [0.15, 0.2) is 5.65 Å². The van der Waals surface area contributed by atoms with Crippen LogP contribution in [0.1, 0.15) is 26.8 Å². The van der Waals surface area contributed by atoms with E-state index >= 15 is 0 Å². The van der Waals surface area contributed by atoms with Gasteiger partial charge >= 0.3 is 0 Å². The SMILES string of the molecule is CC(C)c1ccnc2c1[nH]n2C.[HH]. The van der Waals surface area contributed by atoms with Gasteiger partial charge in [-0.1, -0.05) is 13.8 Å². The zero-order valence-electron chi connectivity index (χ0n) is 7.63. The Morgan fingerprint density at radius 1 is 1.58 bits per heavy atom. The molecule has 0 aromatic carbocycles. The van der Waals surface area contributed by atoms with E-state index < -0.39 is 0 Å². The van der Waals surface area contributed by atoms with E-state index in [2.05, 4.69) is 30.0 Å². The van der Waals surface area contributed by atoms with E-state index in [0.29, 0.717) is 5.92 Å². The van der Waals surface area contributed by atoms with Gasteiger partial charge in [0.05, 0.1) is 0 Å². The lowest BCUT2D eigenvalue weighted by Crippen LogP contribution is -2.09. The average molecular weight is 165 g/mol. The van der Waals surface area contributed by atoms with Gasteiger partial charge in [0.1, 0.15) is 5.52 Å². The maximum Gasteiger partial charge on any atom is 0.172 e. The highest BCUT2D eigenvalue weighted by atomic mass is 15.3. The molecular weight excluding hydrogens is 150 g/mol. The van der Waals surface area contributed by atoms with Crippen LogP contribution in [0.2, 0.25) is 0 Å². The predicted octanol–water partition coefficient (Wildman–Crippen LogP) is 2.27. The number of hydrogen-bond acceptors (Lipinski definition) is 1. The molecule has 2 aromatic heterocycles. The number of rotatable bonds is 1. The minimum Gasteiger partial charge on any atom is -0.293 e. The van der Waals surface area contributed by atoms with E-state index in [1.54, 1.807) is 0 Å². The van der Waals surface area contributed by atoms with Crippen molar-refractivity contribution in [2.45, 2.75) is 19.8 Å². The predicted molar refractivity (Wildman–Crippen MR) is 51.3 cm³/mol. The van der Waals surface area contributed by atoms with Crippen molar-refractivity contribution < 1.29 is 1.43 Å². The normalized spacial score (nSPS) is 11.7. The van der Waals surface area contributed by atoms with Gasteiger partial charge in [-0.2, -0.15) is 0 Å². The van der Waals surface area contributed by atoms with Crippen molar-refractivity contribution in [3.8, 4) is 0 Å². The van der Waals surface area contributed by atoms with Crippen LogP contribution in [0.15, 0.2) is 12.3 Å². The molecule has 0 amide bonds. The molecule has 66 valence electrons. The summed E-state index contributed by atoms with van der Waals surface area (Å²) in [4.78, 5) is 4.25. The third kappa shape index (κ3) is 0.858. The topological polar surface area (TPSA) is 33.6 Å². The van der Waals surface area contributed by atoms with Gasteiger partial charge in [0.25, 0.3) is 0 Å². The minimum absolute atomic E-state index is 0. The molecular formula is C9H15N3. The molecule has 0 radical (unpaired) electrons. The summed E-state index contributed by atoms with van der Waals surface area (Å²) in [5.74, 6) is 0.558. The smallest absolute Gasteiger partial charge is 0.172 e. The largest absolute Gasteiger partial charge is 0.293 e. The zero-order valence-corrected chi connectivity index (χ0v) is 7.63.